The SMILES string of the molecule is CCCN(C)C(=O)N1CCCN(CC(=O)O)CC1. The number of hydrogen-bond acceptors (Lipinski definition) is 3. The number of carboxylic acid groups (broad SMARTS) is 1. The van der Waals surface area contributed by atoms with Crippen LogP contribution in [-0.2, 0) is 4.79 Å². The first-order valence-corrected chi connectivity index (χ1v) is 6.48. The maximum absolute atomic E-state index is 12.1. The minimum absolute atomic E-state index is 0.0500. The fourth-order valence-corrected chi connectivity index (χ4v) is 2.18. The standard InChI is InChI=1S/C12H23N3O3/c1-3-5-13(2)12(18)15-7-4-6-14(8-9-15)10-11(16)17/h3-10H2,1-2H3,(H,16,17). The molecule has 0 aromatic heterocycles. The predicted octanol–water partition coefficient (Wildman–Crippen LogP) is 0.540. The smallest absolute Gasteiger partial charge is 0.319 e. The van der Waals surface area contributed by atoms with Crippen molar-refractivity contribution in [3.05, 3.63) is 0 Å². The highest BCUT2D eigenvalue weighted by Crippen LogP contribution is 2.06. The largest absolute Gasteiger partial charge is 0.480 e. The van der Waals surface area contributed by atoms with Gasteiger partial charge in [0.25, 0.3) is 0 Å². The summed E-state index contributed by atoms with van der Waals surface area (Å²) in [6, 6.07) is 0.0500. The molecule has 0 atom stereocenters. The van der Waals surface area contributed by atoms with Crippen LogP contribution in [0.1, 0.15) is 19.8 Å². The van der Waals surface area contributed by atoms with Gasteiger partial charge in [-0.15, -0.1) is 0 Å². The Bertz CT molecular complexity index is 296. The van der Waals surface area contributed by atoms with E-state index in [9.17, 15) is 9.59 Å². The Morgan fingerprint density at radius 2 is 1.94 bits per heavy atom. The molecule has 1 rings (SSSR count). The summed E-state index contributed by atoms with van der Waals surface area (Å²) < 4.78 is 0. The lowest BCUT2D eigenvalue weighted by Crippen LogP contribution is -2.43. The molecule has 0 aromatic rings. The van der Waals surface area contributed by atoms with Crippen LogP contribution >= 0.6 is 0 Å². The number of aliphatic carboxylic acids is 1. The van der Waals surface area contributed by atoms with Gasteiger partial charge in [-0.2, -0.15) is 0 Å². The lowest BCUT2D eigenvalue weighted by molar-refractivity contribution is -0.138. The highest BCUT2D eigenvalue weighted by Gasteiger charge is 2.22. The molecule has 0 aromatic carbocycles. The second kappa shape index (κ2) is 7.20. The van der Waals surface area contributed by atoms with Gasteiger partial charge >= 0.3 is 12.0 Å². The van der Waals surface area contributed by atoms with Crippen molar-refractivity contribution >= 4 is 12.0 Å². The van der Waals surface area contributed by atoms with Crippen LogP contribution < -0.4 is 0 Å². The van der Waals surface area contributed by atoms with E-state index in [-0.39, 0.29) is 12.6 Å². The summed E-state index contributed by atoms with van der Waals surface area (Å²) in [5.74, 6) is -0.808. The maximum Gasteiger partial charge on any atom is 0.319 e. The van der Waals surface area contributed by atoms with Gasteiger partial charge in [0.1, 0.15) is 0 Å². The zero-order valence-corrected chi connectivity index (χ0v) is 11.3. The highest BCUT2D eigenvalue weighted by atomic mass is 16.4. The van der Waals surface area contributed by atoms with Crippen LogP contribution in [0.4, 0.5) is 4.79 Å². The maximum atomic E-state index is 12.1. The molecule has 1 heterocycles. The van der Waals surface area contributed by atoms with Crippen LogP contribution in [0.15, 0.2) is 0 Å². The first kappa shape index (κ1) is 14.8. The number of amides is 2. The molecular weight excluding hydrogens is 234 g/mol. The number of carboxylic acids is 1. The number of hydrogen-bond donors (Lipinski definition) is 1. The van der Waals surface area contributed by atoms with Crippen LogP contribution in [-0.4, -0.2) is 78.1 Å². The van der Waals surface area contributed by atoms with Gasteiger partial charge in [0, 0.05) is 39.8 Å². The molecule has 0 unspecified atom stereocenters. The van der Waals surface area contributed by atoms with Crippen molar-refractivity contribution in [2.75, 3.05) is 46.3 Å². The highest BCUT2D eigenvalue weighted by molar-refractivity contribution is 5.74. The molecule has 0 bridgehead atoms. The first-order valence-electron chi connectivity index (χ1n) is 6.48. The lowest BCUT2D eigenvalue weighted by atomic mass is 10.4. The molecule has 0 radical (unpaired) electrons. The number of nitrogens with zero attached hydrogens (tertiary/aromatic N) is 3. The molecule has 0 spiro atoms. The van der Waals surface area contributed by atoms with Crippen molar-refractivity contribution in [1.82, 2.24) is 14.7 Å². The second-order valence-corrected chi connectivity index (χ2v) is 4.71. The van der Waals surface area contributed by atoms with Crippen molar-refractivity contribution < 1.29 is 14.7 Å². The summed E-state index contributed by atoms with van der Waals surface area (Å²) in [5, 5.41) is 8.76. The molecule has 0 saturated carbocycles. The topological polar surface area (TPSA) is 64.1 Å². The third-order valence-corrected chi connectivity index (χ3v) is 3.10. The molecule has 1 fully saturated rings. The monoisotopic (exact) mass is 257 g/mol. The van der Waals surface area contributed by atoms with Gasteiger partial charge in [-0.05, 0) is 12.8 Å². The van der Waals surface area contributed by atoms with Gasteiger partial charge < -0.3 is 14.9 Å². The minimum atomic E-state index is -0.808. The molecule has 1 saturated heterocycles. The molecule has 1 N–H and O–H groups in total. The predicted molar refractivity (Wildman–Crippen MR) is 68.6 cm³/mol. The zero-order chi connectivity index (χ0) is 13.5. The Morgan fingerprint density at radius 3 is 2.56 bits per heavy atom. The van der Waals surface area contributed by atoms with Crippen molar-refractivity contribution in [3.63, 3.8) is 0 Å². The van der Waals surface area contributed by atoms with Crippen molar-refractivity contribution in [2.24, 2.45) is 0 Å². The van der Waals surface area contributed by atoms with Crippen LogP contribution in [0.25, 0.3) is 0 Å². The molecule has 0 aliphatic carbocycles. The van der Waals surface area contributed by atoms with E-state index in [4.69, 9.17) is 5.11 Å². The molecule has 1 aliphatic rings. The van der Waals surface area contributed by atoms with Gasteiger partial charge in [0.15, 0.2) is 0 Å². The molecule has 6 heteroatoms. The van der Waals surface area contributed by atoms with Gasteiger partial charge in [-0.1, -0.05) is 6.92 Å². The molecular formula is C12H23N3O3. The normalized spacial score (nSPS) is 17.3. The second-order valence-electron chi connectivity index (χ2n) is 4.71. The van der Waals surface area contributed by atoms with Gasteiger partial charge in [-0.25, -0.2) is 4.79 Å². The third-order valence-electron chi connectivity index (χ3n) is 3.10. The number of urea groups is 1. The van der Waals surface area contributed by atoms with Crippen LogP contribution in [0.5, 0.6) is 0 Å². The van der Waals surface area contributed by atoms with Crippen molar-refractivity contribution in [2.45, 2.75) is 19.8 Å². The Labute approximate surface area is 108 Å². The van der Waals surface area contributed by atoms with Crippen LogP contribution in [0, 0.1) is 0 Å². The number of carbonyl (C=O) groups is 2. The Kier molecular flexibility index (Phi) is 5.91. The van der Waals surface area contributed by atoms with E-state index in [0.717, 1.165) is 25.9 Å². The van der Waals surface area contributed by atoms with E-state index in [2.05, 4.69) is 0 Å². The van der Waals surface area contributed by atoms with Gasteiger partial charge in [0.2, 0.25) is 0 Å². The summed E-state index contributed by atoms with van der Waals surface area (Å²) in [5.41, 5.74) is 0. The molecule has 18 heavy (non-hydrogen) atoms. The third kappa shape index (κ3) is 4.52. The van der Waals surface area contributed by atoms with Crippen molar-refractivity contribution in [3.8, 4) is 0 Å². The Hall–Kier alpha value is -1.30. The summed E-state index contributed by atoms with van der Waals surface area (Å²) in [7, 11) is 1.81. The van der Waals surface area contributed by atoms with Crippen molar-refractivity contribution in [1.29, 1.82) is 0 Å². The number of rotatable bonds is 4. The van der Waals surface area contributed by atoms with E-state index < -0.39 is 5.97 Å². The zero-order valence-electron chi connectivity index (χ0n) is 11.3. The van der Waals surface area contributed by atoms with Gasteiger partial charge in [-0.3, -0.25) is 9.69 Å². The fourth-order valence-electron chi connectivity index (χ4n) is 2.18. The molecule has 6 nitrogen and oxygen atoms in total. The van der Waals surface area contributed by atoms with Crippen LogP contribution in [0.3, 0.4) is 0 Å². The van der Waals surface area contributed by atoms with E-state index in [0.29, 0.717) is 19.6 Å². The Morgan fingerprint density at radius 1 is 1.22 bits per heavy atom. The van der Waals surface area contributed by atoms with E-state index in [1.807, 2.05) is 23.8 Å². The average Bonchev–Trinajstić information content (AvgIpc) is 2.53. The van der Waals surface area contributed by atoms with E-state index in [1.54, 1.807) is 4.90 Å². The summed E-state index contributed by atoms with van der Waals surface area (Å²) in [6.45, 7) is 5.57. The lowest BCUT2D eigenvalue weighted by Gasteiger charge is -2.27. The summed E-state index contributed by atoms with van der Waals surface area (Å²) >= 11 is 0. The van der Waals surface area contributed by atoms with Crippen LogP contribution in [0.2, 0.25) is 0 Å². The first-order chi connectivity index (χ1) is 8.54. The molecule has 2 amide bonds. The van der Waals surface area contributed by atoms with Gasteiger partial charge in [0.05, 0.1) is 6.54 Å². The summed E-state index contributed by atoms with van der Waals surface area (Å²) in [6.07, 6.45) is 1.78. The average molecular weight is 257 g/mol. The molecule has 104 valence electrons. The Balaban J connectivity index is 2.46. The number of carbonyl (C=O) groups excluding carboxylic acids is 1. The fraction of sp³-hybridized carbons (Fsp3) is 0.833. The minimum Gasteiger partial charge on any atom is -0.480 e. The quantitative estimate of drug-likeness (QED) is 0.798. The van der Waals surface area contributed by atoms with E-state index in [1.165, 1.54) is 0 Å². The molecule has 1 aliphatic heterocycles. The van der Waals surface area contributed by atoms with E-state index >= 15 is 0 Å². The summed E-state index contributed by atoms with van der Waals surface area (Å²) in [4.78, 5) is 28.2.